The van der Waals surface area contributed by atoms with Gasteiger partial charge < -0.3 is 9.47 Å². The van der Waals surface area contributed by atoms with E-state index in [2.05, 4.69) is 26.8 Å². The Hall–Kier alpha value is -0.340. The molecule has 1 saturated carbocycles. The van der Waals surface area contributed by atoms with Crippen LogP contribution in [0.4, 0.5) is 0 Å². The van der Waals surface area contributed by atoms with Crippen LogP contribution in [0.2, 0.25) is 0 Å². The van der Waals surface area contributed by atoms with Crippen LogP contribution in [-0.2, 0) is 9.47 Å². The molecule has 0 bridgehead atoms. The zero-order valence-corrected chi connectivity index (χ0v) is 12.7. The number of ether oxygens (including phenoxy) is 2. The molecule has 1 spiro atoms. The molecule has 19 heavy (non-hydrogen) atoms. The molecule has 0 aromatic heterocycles. The van der Waals surface area contributed by atoms with Gasteiger partial charge in [-0.15, -0.1) is 0 Å². The van der Waals surface area contributed by atoms with Gasteiger partial charge in [0.2, 0.25) is 0 Å². The minimum atomic E-state index is -0.263. The molecule has 1 saturated heterocycles. The molecule has 2 nitrogen and oxygen atoms in total. The van der Waals surface area contributed by atoms with E-state index in [4.69, 9.17) is 9.47 Å². The predicted molar refractivity (Wildman–Crippen MR) is 76.9 cm³/mol. The van der Waals surface area contributed by atoms with E-state index in [0.717, 1.165) is 13.2 Å². The average molecular weight is 264 g/mol. The Kier molecular flexibility index (Phi) is 3.51. The second-order valence-electron chi connectivity index (χ2n) is 7.46. The molecule has 3 rings (SSSR count). The van der Waals surface area contributed by atoms with E-state index >= 15 is 0 Å². The van der Waals surface area contributed by atoms with Crippen LogP contribution in [0, 0.1) is 17.3 Å². The summed E-state index contributed by atoms with van der Waals surface area (Å²) in [6.07, 6.45) is 10.5. The summed E-state index contributed by atoms with van der Waals surface area (Å²) in [7, 11) is 0. The summed E-state index contributed by atoms with van der Waals surface area (Å²) in [5.41, 5.74) is 1.79. The fraction of sp³-hybridized carbons (Fsp3) is 0.882. The highest BCUT2D eigenvalue weighted by molar-refractivity contribution is 5.25. The predicted octanol–water partition coefficient (Wildman–Crippen LogP) is 4.30. The second kappa shape index (κ2) is 4.89. The van der Waals surface area contributed by atoms with Crippen molar-refractivity contribution in [3.8, 4) is 0 Å². The average Bonchev–Trinajstić information content (AvgIpc) is 2.89. The van der Waals surface area contributed by atoms with Gasteiger partial charge in [-0.1, -0.05) is 45.3 Å². The van der Waals surface area contributed by atoms with Crippen molar-refractivity contribution in [1.29, 1.82) is 0 Å². The molecule has 2 aliphatic carbocycles. The van der Waals surface area contributed by atoms with Gasteiger partial charge in [0.15, 0.2) is 5.79 Å². The van der Waals surface area contributed by atoms with E-state index < -0.39 is 0 Å². The Morgan fingerprint density at radius 1 is 1.05 bits per heavy atom. The van der Waals surface area contributed by atoms with Gasteiger partial charge in [0.25, 0.3) is 0 Å². The minimum Gasteiger partial charge on any atom is -0.348 e. The van der Waals surface area contributed by atoms with E-state index in [-0.39, 0.29) is 11.2 Å². The Labute approximate surface area is 117 Å². The molecule has 0 aromatic rings. The lowest BCUT2D eigenvalue weighted by atomic mass is 9.94. The monoisotopic (exact) mass is 264 g/mol. The van der Waals surface area contributed by atoms with Crippen molar-refractivity contribution in [2.24, 2.45) is 17.3 Å². The first kappa shape index (κ1) is 13.6. The van der Waals surface area contributed by atoms with E-state index in [9.17, 15) is 0 Å². The fourth-order valence-corrected chi connectivity index (χ4v) is 3.72. The third-order valence-electron chi connectivity index (χ3n) is 5.06. The Bertz CT molecular complexity index is 359. The van der Waals surface area contributed by atoms with Crippen LogP contribution in [0.15, 0.2) is 11.6 Å². The Morgan fingerprint density at radius 3 is 2.47 bits per heavy atom. The molecule has 3 aliphatic rings. The summed E-state index contributed by atoms with van der Waals surface area (Å²) >= 11 is 0. The minimum absolute atomic E-state index is 0.174. The summed E-state index contributed by atoms with van der Waals surface area (Å²) in [5, 5.41) is 0. The van der Waals surface area contributed by atoms with Gasteiger partial charge in [0, 0.05) is 17.3 Å². The van der Waals surface area contributed by atoms with Crippen molar-refractivity contribution < 1.29 is 9.47 Å². The first-order valence-electron chi connectivity index (χ1n) is 8.02. The maximum Gasteiger partial charge on any atom is 0.178 e. The first-order chi connectivity index (χ1) is 9.05. The molecule has 1 aliphatic heterocycles. The van der Waals surface area contributed by atoms with E-state index in [0.29, 0.717) is 11.8 Å². The van der Waals surface area contributed by atoms with Crippen LogP contribution in [0.1, 0.15) is 59.3 Å². The van der Waals surface area contributed by atoms with Gasteiger partial charge in [-0.05, 0) is 25.7 Å². The topological polar surface area (TPSA) is 18.5 Å². The lowest BCUT2D eigenvalue weighted by Gasteiger charge is -2.36. The number of rotatable bonds is 1. The molecule has 0 amide bonds. The van der Waals surface area contributed by atoms with Crippen molar-refractivity contribution in [1.82, 2.24) is 0 Å². The van der Waals surface area contributed by atoms with Crippen LogP contribution < -0.4 is 0 Å². The Morgan fingerprint density at radius 2 is 1.74 bits per heavy atom. The van der Waals surface area contributed by atoms with Gasteiger partial charge in [-0.3, -0.25) is 0 Å². The van der Waals surface area contributed by atoms with Crippen LogP contribution in [0.3, 0.4) is 0 Å². The molecule has 0 aromatic carbocycles. The van der Waals surface area contributed by atoms with Crippen molar-refractivity contribution in [3.05, 3.63) is 11.6 Å². The molecule has 0 radical (unpaired) electrons. The van der Waals surface area contributed by atoms with Crippen molar-refractivity contribution >= 4 is 0 Å². The van der Waals surface area contributed by atoms with Gasteiger partial charge in [-0.2, -0.15) is 0 Å². The number of allylic oxidation sites excluding steroid dienone is 1. The molecular weight excluding hydrogens is 236 g/mol. The van der Waals surface area contributed by atoms with E-state index in [1.807, 2.05) is 0 Å². The summed E-state index contributed by atoms with van der Waals surface area (Å²) < 4.78 is 12.4. The maximum absolute atomic E-state index is 6.18. The summed E-state index contributed by atoms with van der Waals surface area (Å²) in [6, 6.07) is 0. The SMILES string of the molecule is CC1C(/C2=C/CCCCCC2)C12OCC(C)(C)CO2. The molecule has 0 N–H and O–H groups in total. The van der Waals surface area contributed by atoms with Crippen LogP contribution in [-0.4, -0.2) is 19.0 Å². The van der Waals surface area contributed by atoms with Crippen molar-refractivity contribution in [2.45, 2.75) is 65.1 Å². The normalized spacial score (nSPS) is 40.1. The second-order valence-corrected chi connectivity index (χ2v) is 7.46. The van der Waals surface area contributed by atoms with Gasteiger partial charge in [0.1, 0.15) is 0 Å². The van der Waals surface area contributed by atoms with Crippen LogP contribution >= 0.6 is 0 Å². The molecule has 2 fully saturated rings. The third-order valence-corrected chi connectivity index (χ3v) is 5.06. The lowest BCUT2D eigenvalue weighted by molar-refractivity contribution is -0.254. The number of hydrogen-bond donors (Lipinski definition) is 0. The molecule has 2 heteroatoms. The van der Waals surface area contributed by atoms with Gasteiger partial charge in [-0.25, -0.2) is 0 Å². The summed E-state index contributed by atoms with van der Waals surface area (Å²) in [6.45, 7) is 8.40. The van der Waals surface area contributed by atoms with E-state index in [1.54, 1.807) is 5.57 Å². The zero-order valence-electron chi connectivity index (χ0n) is 12.7. The lowest BCUT2D eigenvalue weighted by Crippen LogP contribution is -2.41. The molecule has 108 valence electrons. The quantitative estimate of drug-likeness (QED) is 0.657. The van der Waals surface area contributed by atoms with Crippen LogP contribution in [0.25, 0.3) is 0 Å². The van der Waals surface area contributed by atoms with Crippen molar-refractivity contribution in [3.63, 3.8) is 0 Å². The first-order valence-corrected chi connectivity index (χ1v) is 8.02. The van der Waals surface area contributed by atoms with Gasteiger partial charge >= 0.3 is 0 Å². The third kappa shape index (κ3) is 2.50. The highest BCUT2D eigenvalue weighted by Gasteiger charge is 2.68. The molecular formula is C17H28O2. The molecule has 2 unspecified atom stereocenters. The highest BCUT2D eigenvalue weighted by atomic mass is 16.7. The number of hydrogen-bond acceptors (Lipinski definition) is 2. The van der Waals surface area contributed by atoms with E-state index in [1.165, 1.54) is 38.5 Å². The molecule has 1 heterocycles. The largest absolute Gasteiger partial charge is 0.348 e. The summed E-state index contributed by atoms with van der Waals surface area (Å²) in [5.74, 6) is 0.802. The fourth-order valence-electron chi connectivity index (χ4n) is 3.72. The summed E-state index contributed by atoms with van der Waals surface area (Å²) in [4.78, 5) is 0. The Balaban J connectivity index is 1.69. The van der Waals surface area contributed by atoms with Gasteiger partial charge in [0.05, 0.1) is 13.2 Å². The highest BCUT2D eigenvalue weighted by Crippen LogP contribution is 2.61. The standard InChI is InChI=1S/C17H28O2/c1-13-15(14-9-7-5-4-6-8-10-14)17(13)18-11-16(2,3)12-19-17/h9,13,15H,4-8,10-12H2,1-3H3/b14-9+. The van der Waals surface area contributed by atoms with Crippen LogP contribution in [0.5, 0.6) is 0 Å². The van der Waals surface area contributed by atoms with Crippen molar-refractivity contribution in [2.75, 3.05) is 13.2 Å². The molecule has 2 atom stereocenters. The zero-order chi connectivity index (χ0) is 13.5. The smallest absolute Gasteiger partial charge is 0.178 e. The maximum atomic E-state index is 6.18.